The fraction of sp³-hybridized carbons (Fsp3) is 0.316. The van der Waals surface area contributed by atoms with Crippen LogP contribution in [0.2, 0.25) is 0 Å². The normalized spacial score (nSPS) is 15.9. The average Bonchev–Trinajstić information content (AvgIpc) is 3.42. The summed E-state index contributed by atoms with van der Waals surface area (Å²) in [6, 6.07) is 8.97. The molecule has 0 bridgehead atoms. The lowest BCUT2D eigenvalue weighted by atomic mass is 10.1. The third-order valence-corrected chi connectivity index (χ3v) is 5.00. The molecule has 0 saturated heterocycles. The SMILES string of the molecule is CC(C)n1cc(Nc2nc(N[C@H]3CCc4ccccc43)c3nc[nH]c3n2)nn1. The van der Waals surface area contributed by atoms with Gasteiger partial charge < -0.3 is 15.6 Å². The summed E-state index contributed by atoms with van der Waals surface area (Å²) in [5.74, 6) is 1.75. The van der Waals surface area contributed by atoms with E-state index in [1.807, 2.05) is 20.0 Å². The minimum atomic E-state index is 0.209. The Kier molecular flexibility index (Phi) is 3.92. The number of fused-ring (bicyclic) bond motifs is 2. The molecule has 0 saturated carbocycles. The lowest BCUT2D eigenvalue weighted by Gasteiger charge is -2.15. The van der Waals surface area contributed by atoms with E-state index in [1.54, 1.807) is 11.0 Å². The van der Waals surface area contributed by atoms with Gasteiger partial charge in [-0.25, -0.2) is 9.67 Å². The topological polar surface area (TPSA) is 109 Å². The second-order valence-electron chi connectivity index (χ2n) is 7.23. The molecule has 0 spiro atoms. The van der Waals surface area contributed by atoms with Gasteiger partial charge in [0.15, 0.2) is 17.3 Å². The molecule has 1 atom stereocenters. The van der Waals surface area contributed by atoms with Crippen LogP contribution in [0.1, 0.15) is 43.5 Å². The summed E-state index contributed by atoms with van der Waals surface area (Å²) >= 11 is 0. The molecule has 4 aromatic rings. The molecule has 3 heterocycles. The summed E-state index contributed by atoms with van der Waals surface area (Å²) < 4.78 is 1.78. The van der Waals surface area contributed by atoms with Crippen LogP contribution in [0, 0.1) is 0 Å². The second kappa shape index (κ2) is 6.59. The average molecular weight is 375 g/mol. The van der Waals surface area contributed by atoms with Crippen molar-refractivity contribution in [2.75, 3.05) is 10.6 Å². The van der Waals surface area contributed by atoms with E-state index in [-0.39, 0.29) is 12.1 Å². The molecule has 1 aromatic carbocycles. The summed E-state index contributed by atoms with van der Waals surface area (Å²) in [6.07, 6.45) is 5.56. The Hall–Kier alpha value is -3.49. The Balaban J connectivity index is 1.46. The van der Waals surface area contributed by atoms with Gasteiger partial charge in [0, 0.05) is 6.04 Å². The largest absolute Gasteiger partial charge is 0.361 e. The highest BCUT2D eigenvalue weighted by molar-refractivity contribution is 5.84. The monoisotopic (exact) mass is 375 g/mol. The summed E-state index contributed by atoms with van der Waals surface area (Å²) in [7, 11) is 0. The van der Waals surface area contributed by atoms with Crippen molar-refractivity contribution in [2.45, 2.75) is 38.8 Å². The van der Waals surface area contributed by atoms with Crippen molar-refractivity contribution in [2.24, 2.45) is 0 Å². The zero-order valence-corrected chi connectivity index (χ0v) is 15.7. The fourth-order valence-electron chi connectivity index (χ4n) is 3.57. The number of nitrogens with one attached hydrogen (secondary N) is 3. The van der Waals surface area contributed by atoms with Gasteiger partial charge in [-0.05, 0) is 37.8 Å². The Labute approximate surface area is 161 Å². The maximum Gasteiger partial charge on any atom is 0.232 e. The van der Waals surface area contributed by atoms with Crippen molar-refractivity contribution in [3.8, 4) is 0 Å². The number of imidazole rings is 1. The van der Waals surface area contributed by atoms with Crippen LogP contribution in [0.15, 0.2) is 36.8 Å². The van der Waals surface area contributed by atoms with Crippen molar-refractivity contribution >= 4 is 28.7 Å². The Morgan fingerprint density at radius 3 is 2.96 bits per heavy atom. The van der Waals surface area contributed by atoms with Crippen LogP contribution in [0.4, 0.5) is 17.6 Å². The van der Waals surface area contributed by atoms with Gasteiger partial charge in [0.25, 0.3) is 0 Å². The molecule has 9 heteroatoms. The summed E-state index contributed by atoms with van der Waals surface area (Å²) in [5, 5.41) is 14.9. The number of aromatic nitrogens is 7. The summed E-state index contributed by atoms with van der Waals surface area (Å²) in [5.41, 5.74) is 4.10. The smallest absolute Gasteiger partial charge is 0.232 e. The highest BCUT2D eigenvalue weighted by Gasteiger charge is 2.23. The zero-order valence-electron chi connectivity index (χ0n) is 15.7. The van der Waals surface area contributed by atoms with Gasteiger partial charge in [0.05, 0.1) is 18.6 Å². The first-order valence-corrected chi connectivity index (χ1v) is 9.41. The van der Waals surface area contributed by atoms with Crippen molar-refractivity contribution in [3.05, 3.63) is 47.9 Å². The van der Waals surface area contributed by atoms with E-state index in [4.69, 9.17) is 0 Å². The molecule has 0 fully saturated rings. The Bertz CT molecular complexity index is 1130. The van der Waals surface area contributed by atoms with Crippen LogP contribution in [-0.4, -0.2) is 34.9 Å². The van der Waals surface area contributed by atoms with Gasteiger partial charge >= 0.3 is 0 Å². The Morgan fingerprint density at radius 1 is 1.21 bits per heavy atom. The van der Waals surface area contributed by atoms with Gasteiger partial charge in [-0.3, -0.25) is 0 Å². The van der Waals surface area contributed by atoms with Crippen LogP contribution in [0.25, 0.3) is 11.2 Å². The molecule has 0 radical (unpaired) electrons. The molecule has 1 aliphatic rings. The van der Waals surface area contributed by atoms with Gasteiger partial charge in [-0.1, -0.05) is 29.5 Å². The van der Waals surface area contributed by atoms with Gasteiger partial charge in [-0.15, -0.1) is 5.10 Å². The van der Waals surface area contributed by atoms with Crippen molar-refractivity contribution in [1.29, 1.82) is 0 Å². The van der Waals surface area contributed by atoms with E-state index in [0.717, 1.165) is 18.4 Å². The number of anilines is 3. The van der Waals surface area contributed by atoms with Crippen LogP contribution in [0.3, 0.4) is 0 Å². The van der Waals surface area contributed by atoms with Gasteiger partial charge in [0.2, 0.25) is 5.95 Å². The summed E-state index contributed by atoms with van der Waals surface area (Å²) in [4.78, 5) is 16.6. The van der Waals surface area contributed by atoms with E-state index in [9.17, 15) is 0 Å². The molecule has 9 nitrogen and oxygen atoms in total. The Morgan fingerprint density at radius 2 is 2.11 bits per heavy atom. The van der Waals surface area contributed by atoms with Crippen LogP contribution < -0.4 is 10.6 Å². The molecule has 28 heavy (non-hydrogen) atoms. The minimum Gasteiger partial charge on any atom is -0.361 e. The maximum absolute atomic E-state index is 4.67. The third kappa shape index (κ3) is 2.94. The molecular formula is C19H21N9. The van der Waals surface area contributed by atoms with E-state index >= 15 is 0 Å². The van der Waals surface area contributed by atoms with E-state index < -0.39 is 0 Å². The van der Waals surface area contributed by atoms with E-state index in [0.29, 0.717) is 23.2 Å². The number of aromatic amines is 1. The molecule has 5 rings (SSSR count). The van der Waals surface area contributed by atoms with Gasteiger partial charge in [-0.2, -0.15) is 9.97 Å². The first kappa shape index (κ1) is 16.7. The van der Waals surface area contributed by atoms with Crippen LogP contribution in [-0.2, 0) is 6.42 Å². The molecule has 3 aromatic heterocycles. The number of hydrogen-bond donors (Lipinski definition) is 3. The minimum absolute atomic E-state index is 0.209. The molecule has 0 amide bonds. The molecule has 0 unspecified atom stereocenters. The van der Waals surface area contributed by atoms with Crippen molar-refractivity contribution in [1.82, 2.24) is 34.9 Å². The first-order valence-electron chi connectivity index (χ1n) is 9.41. The molecule has 142 valence electrons. The molecule has 3 N–H and O–H groups in total. The van der Waals surface area contributed by atoms with Crippen molar-refractivity contribution < 1.29 is 0 Å². The van der Waals surface area contributed by atoms with Crippen LogP contribution in [0.5, 0.6) is 0 Å². The number of aryl methyl sites for hydroxylation is 1. The fourth-order valence-corrected chi connectivity index (χ4v) is 3.57. The molecule has 1 aliphatic carbocycles. The number of hydrogen-bond acceptors (Lipinski definition) is 7. The highest BCUT2D eigenvalue weighted by Crippen LogP contribution is 2.34. The highest BCUT2D eigenvalue weighted by atomic mass is 15.5. The van der Waals surface area contributed by atoms with Crippen LogP contribution >= 0.6 is 0 Å². The number of H-pyrrole nitrogens is 1. The lowest BCUT2D eigenvalue weighted by Crippen LogP contribution is -2.10. The van der Waals surface area contributed by atoms with Gasteiger partial charge in [0.1, 0.15) is 5.52 Å². The van der Waals surface area contributed by atoms with E-state index in [2.05, 4.69) is 65.1 Å². The quantitative estimate of drug-likeness (QED) is 0.490. The number of benzene rings is 1. The summed E-state index contributed by atoms with van der Waals surface area (Å²) in [6.45, 7) is 4.10. The zero-order chi connectivity index (χ0) is 19.1. The molecule has 0 aliphatic heterocycles. The van der Waals surface area contributed by atoms with E-state index in [1.165, 1.54) is 11.1 Å². The van der Waals surface area contributed by atoms with Crippen molar-refractivity contribution in [3.63, 3.8) is 0 Å². The first-order chi connectivity index (χ1) is 13.7. The lowest BCUT2D eigenvalue weighted by molar-refractivity contribution is 0.514. The third-order valence-electron chi connectivity index (χ3n) is 5.00. The number of rotatable bonds is 5. The predicted octanol–water partition coefficient (Wildman–Crippen LogP) is 3.37. The standard InChI is InChI=1S/C19H21N9/c1-11(2)28-9-15(26-27-28)23-19-24-17-16(20-10-21-17)18(25-19)22-14-8-7-12-5-3-4-6-13(12)14/h3-6,9-11,14H,7-8H2,1-2H3,(H3,20,21,22,23,24,25)/t14-/m0/s1. The maximum atomic E-state index is 4.67. The number of nitrogens with zero attached hydrogens (tertiary/aromatic N) is 6. The predicted molar refractivity (Wildman–Crippen MR) is 107 cm³/mol. The second-order valence-corrected chi connectivity index (χ2v) is 7.23. The molecular weight excluding hydrogens is 354 g/mol.